The highest BCUT2D eigenvalue weighted by Gasteiger charge is 2.25. The van der Waals surface area contributed by atoms with Gasteiger partial charge in [0.15, 0.2) is 0 Å². The molecule has 1 aromatic rings. The van der Waals surface area contributed by atoms with Gasteiger partial charge in [0.2, 0.25) is 0 Å². The molecule has 0 bridgehead atoms. The van der Waals surface area contributed by atoms with Gasteiger partial charge in [0, 0.05) is 6.20 Å². The molecule has 0 spiro atoms. The van der Waals surface area contributed by atoms with Gasteiger partial charge in [-0.1, -0.05) is 33.6 Å². The molecular formula is C17H27N3O3. The van der Waals surface area contributed by atoms with Gasteiger partial charge >= 0.3 is 5.97 Å². The topological polar surface area (TPSA) is 84.2 Å². The fourth-order valence-corrected chi connectivity index (χ4v) is 2.90. The Bertz CT molecular complexity index is 554. The minimum Gasteiger partial charge on any atom is -0.480 e. The lowest BCUT2D eigenvalue weighted by atomic mass is 9.88. The number of amides is 1. The van der Waals surface area contributed by atoms with Crippen LogP contribution in [0.1, 0.15) is 75.8 Å². The highest BCUT2D eigenvalue weighted by Crippen LogP contribution is 2.28. The van der Waals surface area contributed by atoms with Crippen molar-refractivity contribution >= 4 is 11.9 Å². The Kier molecular flexibility index (Phi) is 5.44. The van der Waals surface area contributed by atoms with Crippen molar-refractivity contribution in [2.24, 2.45) is 5.41 Å². The number of rotatable bonds is 6. The number of carboxylic acid groups (broad SMARTS) is 1. The average molecular weight is 321 g/mol. The SMILES string of the molecule is CC(C)(C)CCC(NC(=O)c1ccn(C2CCCC2)n1)C(=O)O. The minimum atomic E-state index is -1.00. The predicted molar refractivity (Wildman–Crippen MR) is 87.3 cm³/mol. The fraction of sp³-hybridized carbons (Fsp3) is 0.706. The summed E-state index contributed by atoms with van der Waals surface area (Å²) in [6.07, 6.45) is 7.52. The standard InChI is InChI=1S/C17H27N3O3/c1-17(2,3)10-8-14(16(22)23)18-15(21)13-9-11-20(19-13)12-6-4-5-7-12/h9,11-12,14H,4-8,10H2,1-3H3,(H,18,21)(H,22,23). The third kappa shape index (κ3) is 5.08. The largest absolute Gasteiger partial charge is 0.480 e. The van der Waals surface area contributed by atoms with Crippen LogP contribution in [0.15, 0.2) is 12.3 Å². The monoisotopic (exact) mass is 321 g/mol. The number of carbonyl (C=O) groups excluding carboxylic acids is 1. The van der Waals surface area contributed by atoms with Crippen LogP contribution in [0.25, 0.3) is 0 Å². The van der Waals surface area contributed by atoms with Crippen molar-refractivity contribution in [1.82, 2.24) is 15.1 Å². The van der Waals surface area contributed by atoms with Crippen LogP contribution in [0.2, 0.25) is 0 Å². The van der Waals surface area contributed by atoms with Crippen molar-refractivity contribution in [1.29, 1.82) is 0 Å². The number of nitrogens with zero attached hydrogens (tertiary/aromatic N) is 2. The third-order valence-corrected chi connectivity index (χ3v) is 4.33. The Balaban J connectivity index is 1.96. The Morgan fingerprint density at radius 3 is 2.61 bits per heavy atom. The highest BCUT2D eigenvalue weighted by atomic mass is 16.4. The van der Waals surface area contributed by atoms with Crippen LogP contribution < -0.4 is 5.32 Å². The summed E-state index contributed by atoms with van der Waals surface area (Å²) in [5.74, 6) is -1.42. The van der Waals surface area contributed by atoms with E-state index in [9.17, 15) is 14.7 Å². The van der Waals surface area contributed by atoms with Gasteiger partial charge in [-0.3, -0.25) is 9.48 Å². The summed E-state index contributed by atoms with van der Waals surface area (Å²) >= 11 is 0. The maximum Gasteiger partial charge on any atom is 0.326 e. The van der Waals surface area contributed by atoms with E-state index < -0.39 is 17.9 Å². The molecule has 6 nitrogen and oxygen atoms in total. The lowest BCUT2D eigenvalue weighted by molar-refractivity contribution is -0.139. The van der Waals surface area contributed by atoms with Crippen molar-refractivity contribution in [2.45, 2.75) is 71.4 Å². The first-order valence-electron chi connectivity index (χ1n) is 8.35. The van der Waals surface area contributed by atoms with Crippen molar-refractivity contribution in [3.8, 4) is 0 Å². The maximum absolute atomic E-state index is 12.3. The van der Waals surface area contributed by atoms with E-state index in [-0.39, 0.29) is 5.41 Å². The zero-order chi connectivity index (χ0) is 17.0. The molecule has 0 radical (unpaired) electrons. The molecule has 1 aliphatic carbocycles. The van der Waals surface area contributed by atoms with Crippen molar-refractivity contribution in [3.63, 3.8) is 0 Å². The van der Waals surface area contributed by atoms with E-state index in [1.165, 1.54) is 12.8 Å². The Morgan fingerprint density at radius 2 is 2.04 bits per heavy atom. The van der Waals surface area contributed by atoms with E-state index in [4.69, 9.17) is 0 Å². The van der Waals surface area contributed by atoms with Crippen LogP contribution in [-0.4, -0.2) is 32.8 Å². The number of nitrogens with one attached hydrogen (secondary N) is 1. The van der Waals surface area contributed by atoms with Gasteiger partial charge in [-0.2, -0.15) is 5.10 Å². The zero-order valence-electron chi connectivity index (χ0n) is 14.2. The number of aliphatic carboxylic acids is 1. The summed E-state index contributed by atoms with van der Waals surface area (Å²) in [6, 6.07) is 1.15. The summed E-state index contributed by atoms with van der Waals surface area (Å²) in [5, 5.41) is 16.2. The quantitative estimate of drug-likeness (QED) is 0.843. The molecule has 128 valence electrons. The summed E-state index contributed by atoms with van der Waals surface area (Å²) in [4.78, 5) is 23.6. The number of carboxylic acids is 1. The smallest absolute Gasteiger partial charge is 0.326 e. The molecule has 1 aromatic heterocycles. The molecule has 6 heteroatoms. The first-order valence-corrected chi connectivity index (χ1v) is 8.35. The van der Waals surface area contributed by atoms with Gasteiger partial charge in [-0.15, -0.1) is 0 Å². The predicted octanol–water partition coefficient (Wildman–Crippen LogP) is 3.01. The molecule has 1 aliphatic rings. The molecule has 1 heterocycles. The molecular weight excluding hydrogens is 294 g/mol. The van der Waals surface area contributed by atoms with Crippen LogP contribution >= 0.6 is 0 Å². The summed E-state index contributed by atoms with van der Waals surface area (Å²) in [6.45, 7) is 6.16. The van der Waals surface area contributed by atoms with Crippen molar-refractivity contribution in [3.05, 3.63) is 18.0 Å². The molecule has 0 saturated heterocycles. The van der Waals surface area contributed by atoms with Crippen LogP contribution in [0, 0.1) is 5.41 Å². The van der Waals surface area contributed by atoms with Gasteiger partial charge in [-0.05, 0) is 37.2 Å². The fourth-order valence-electron chi connectivity index (χ4n) is 2.90. The molecule has 2 rings (SSSR count). The van der Waals surface area contributed by atoms with Gasteiger partial charge < -0.3 is 10.4 Å². The molecule has 23 heavy (non-hydrogen) atoms. The normalized spacial score (nSPS) is 17.2. The molecule has 0 aliphatic heterocycles. The van der Waals surface area contributed by atoms with Crippen molar-refractivity contribution in [2.75, 3.05) is 0 Å². The summed E-state index contributed by atoms with van der Waals surface area (Å²) in [7, 11) is 0. The molecule has 1 unspecified atom stereocenters. The number of carbonyl (C=O) groups is 2. The third-order valence-electron chi connectivity index (χ3n) is 4.33. The van der Waals surface area contributed by atoms with Gasteiger partial charge in [0.25, 0.3) is 5.91 Å². The summed E-state index contributed by atoms with van der Waals surface area (Å²) < 4.78 is 1.84. The minimum absolute atomic E-state index is 0.0302. The lowest BCUT2D eigenvalue weighted by Gasteiger charge is -2.21. The molecule has 1 saturated carbocycles. The van der Waals surface area contributed by atoms with E-state index in [0.29, 0.717) is 18.2 Å². The van der Waals surface area contributed by atoms with E-state index in [1.54, 1.807) is 6.07 Å². The lowest BCUT2D eigenvalue weighted by Crippen LogP contribution is -2.41. The molecule has 1 amide bonds. The number of aromatic nitrogens is 2. The Hall–Kier alpha value is -1.85. The van der Waals surface area contributed by atoms with Crippen molar-refractivity contribution < 1.29 is 14.7 Å². The van der Waals surface area contributed by atoms with Gasteiger partial charge in [0.1, 0.15) is 11.7 Å². The van der Waals surface area contributed by atoms with Crippen LogP contribution in [-0.2, 0) is 4.79 Å². The highest BCUT2D eigenvalue weighted by molar-refractivity contribution is 5.94. The molecule has 0 aromatic carbocycles. The summed E-state index contributed by atoms with van der Waals surface area (Å²) in [5.41, 5.74) is 0.321. The maximum atomic E-state index is 12.3. The van der Waals surface area contributed by atoms with Gasteiger partial charge in [0.05, 0.1) is 6.04 Å². The van der Waals surface area contributed by atoms with E-state index in [0.717, 1.165) is 19.3 Å². The zero-order valence-corrected chi connectivity index (χ0v) is 14.2. The van der Waals surface area contributed by atoms with Crippen LogP contribution in [0.5, 0.6) is 0 Å². The molecule has 1 fully saturated rings. The number of hydrogen-bond acceptors (Lipinski definition) is 3. The van der Waals surface area contributed by atoms with Crippen LogP contribution in [0.3, 0.4) is 0 Å². The van der Waals surface area contributed by atoms with E-state index in [2.05, 4.69) is 31.2 Å². The second-order valence-corrected chi connectivity index (χ2v) is 7.58. The van der Waals surface area contributed by atoms with E-state index in [1.807, 2.05) is 10.9 Å². The second kappa shape index (κ2) is 7.15. The van der Waals surface area contributed by atoms with Crippen LogP contribution in [0.4, 0.5) is 0 Å². The molecule has 1 atom stereocenters. The number of hydrogen-bond donors (Lipinski definition) is 2. The van der Waals surface area contributed by atoms with Gasteiger partial charge in [-0.25, -0.2) is 4.79 Å². The average Bonchev–Trinajstić information content (AvgIpc) is 3.11. The first-order chi connectivity index (χ1) is 10.8. The Morgan fingerprint density at radius 1 is 1.39 bits per heavy atom. The molecule has 2 N–H and O–H groups in total. The Labute approximate surface area is 137 Å². The second-order valence-electron chi connectivity index (χ2n) is 7.58. The first kappa shape index (κ1) is 17.5. The van der Waals surface area contributed by atoms with E-state index >= 15 is 0 Å².